The summed E-state index contributed by atoms with van der Waals surface area (Å²) in [6.07, 6.45) is 0. The van der Waals surface area contributed by atoms with Gasteiger partial charge in [-0.1, -0.05) is 42.1 Å². The molecule has 124 valence electrons. The molecule has 2 aromatic carbocycles. The molecular weight excluding hydrogens is 324 g/mol. The normalized spacial score (nSPS) is 13.8. The summed E-state index contributed by atoms with van der Waals surface area (Å²) in [5.41, 5.74) is 1.79. The van der Waals surface area contributed by atoms with E-state index in [1.807, 2.05) is 42.5 Å². The van der Waals surface area contributed by atoms with Crippen molar-refractivity contribution in [3.63, 3.8) is 0 Å². The van der Waals surface area contributed by atoms with E-state index < -0.39 is 0 Å². The first-order valence-corrected chi connectivity index (χ1v) is 8.67. The molecule has 0 aliphatic carbocycles. The third-order valence-corrected chi connectivity index (χ3v) is 4.46. The lowest BCUT2D eigenvalue weighted by Crippen LogP contribution is -2.33. The van der Waals surface area contributed by atoms with Gasteiger partial charge in [0.2, 0.25) is 5.91 Å². The Morgan fingerprint density at radius 3 is 2.54 bits per heavy atom. The van der Waals surface area contributed by atoms with E-state index >= 15 is 0 Å². The van der Waals surface area contributed by atoms with E-state index in [1.54, 1.807) is 17.0 Å². The van der Waals surface area contributed by atoms with Gasteiger partial charge >= 0.3 is 0 Å². The number of nitrogens with zero attached hydrogens (tertiary/aromatic N) is 1. The van der Waals surface area contributed by atoms with Crippen LogP contribution in [0.15, 0.2) is 54.6 Å². The fourth-order valence-electron chi connectivity index (χ4n) is 2.32. The molecule has 1 heterocycles. The van der Waals surface area contributed by atoms with Crippen molar-refractivity contribution in [2.24, 2.45) is 0 Å². The largest absolute Gasteiger partial charge is 0.489 e. The number of amides is 2. The predicted molar refractivity (Wildman–Crippen MR) is 95.3 cm³/mol. The van der Waals surface area contributed by atoms with Crippen molar-refractivity contribution >= 4 is 28.6 Å². The third kappa shape index (κ3) is 4.52. The SMILES string of the molecule is O=C(CN1CCSC1=O)Nc1ccc(OCc2ccccc2)cc1. The quantitative estimate of drug-likeness (QED) is 0.874. The summed E-state index contributed by atoms with van der Waals surface area (Å²) in [6.45, 7) is 1.22. The number of hydrogen-bond donors (Lipinski definition) is 1. The van der Waals surface area contributed by atoms with Gasteiger partial charge in [0, 0.05) is 18.0 Å². The van der Waals surface area contributed by atoms with E-state index in [0.29, 0.717) is 18.8 Å². The van der Waals surface area contributed by atoms with Crippen LogP contribution in [0, 0.1) is 0 Å². The monoisotopic (exact) mass is 342 g/mol. The lowest BCUT2D eigenvalue weighted by atomic mass is 10.2. The van der Waals surface area contributed by atoms with Gasteiger partial charge in [0.25, 0.3) is 5.24 Å². The molecular formula is C18H18N2O3S. The molecule has 1 aliphatic rings. The Bertz CT molecular complexity index is 704. The zero-order valence-electron chi connectivity index (χ0n) is 13.1. The summed E-state index contributed by atoms with van der Waals surface area (Å²) in [4.78, 5) is 25.0. The van der Waals surface area contributed by atoms with Crippen LogP contribution in [0.2, 0.25) is 0 Å². The number of anilines is 1. The molecule has 6 heteroatoms. The van der Waals surface area contributed by atoms with E-state index in [2.05, 4.69) is 5.32 Å². The Labute approximate surface area is 145 Å². The summed E-state index contributed by atoms with van der Waals surface area (Å²) >= 11 is 1.25. The number of benzene rings is 2. The Kier molecular flexibility index (Phi) is 5.38. The van der Waals surface area contributed by atoms with Crippen LogP contribution in [0.1, 0.15) is 5.56 Å². The molecule has 3 rings (SSSR count). The Balaban J connectivity index is 1.49. The van der Waals surface area contributed by atoms with Gasteiger partial charge in [-0.15, -0.1) is 0 Å². The molecule has 1 N–H and O–H groups in total. The summed E-state index contributed by atoms with van der Waals surface area (Å²) < 4.78 is 5.71. The standard InChI is InChI=1S/C18H18N2O3S/c21-17(12-20-10-11-24-18(20)22)19-15-6-8-16(9-7-15)23-13-14-4-2-1-3-5-14/h1-9H,10-13H2,(H,19,21). The van der Waals surface area contributed by atoms with Gasteiger partial charge in [-0.05, 0) is 29.8 Å². The molecule has 2 aromatic rings. The second-order valence-electron chi connectivity index (χ2n) is 5.38. The van der Waals surface area contributed by atoms with Gasteiger partial charge < -0.3 is 15.0 Å². The zero-order valence-corrected chi connectivity index (χ0v) is 13.9. The lowest BCUT2D eigenvalue weighted by Gasteiger charge is -2.14. The highest BCUT2D eigenvalue weighted by Gasteiger charge is 2.23. The minimum absolute atomic E-state index is 0.0326. The molecule has 0 saturated carbocycles. The highest BCUT2D eigenvalue weighted by Crippen LogP contribution is 2.19. The predicted octanol–water partition coefficient (Wildman–Crippen LogP) is 3.37. The van der Waals surface area contributed by atoms with Crippen LogP contribution >= 0.6 is 11.8 Å². The first kappa shape index (κ1) is 16.4. The van der Waals surface area contributed by atoms with Crippen molar-refractivity contribution in [1.82, 2.24) is 4.90 Å². The third-order valence-electron chi connectivity index (χ3n) is 3.57. The first-order valence-electron chi connectivity index (χ1n) is 7.69. The van der Waals surface area contributed by atoms with Crippen molar-refractivity contribution < 1.29 is 14.3 Å². The van der Waals surface area contributed by atoms with Crippen molar-refractivity contribution in [3.05, 3.63) is 60.2 Å². The van der Waals surface area contributed by atoms with Gasteiger partial charge in [-0.25, -0.2) is 0 Å². The second-order valence-corrected chi connectivity index (χ2v) is 6.43. The summed E-state index contributed by atoms with van der Waals surface area (Å²) in [5.74, 6) is 1.30. The van der Waals surface area contributed by atoms with Crippen LogP contribution in [0.4, 0.5) is 10.5 Å². The van der Waals surface area contributed by atoms with E-state index in [-0.39, 0.29) is 17.7 Å². The first-order chi connectivity index (χ1) is 11.7. The lowest BCUT2D eigenvalue weighted by molar-refractivity contribution is -0.116. The Morgan fingerprint density at radius 1 is 1.12 bits per heavy atom. The van der Waals surface area contributed by atoms with Crippen molar-refractivity contribution in [2.75, 3.05) is 24.2 Å². The number of thioether (sulfide) groups is 1. The fourth-order valence-corrected chi connectivity index (χ4v) is 3.14. The molecule has 1 fully saturated rings. The molecule has 0 aromatic heterocycles. The maximum atomic E-state index is 12.0. The van der Waals surface area contributed by atoms with E-state index in [0.717, 1.165) is 17.1 Å². The van der Waals surface area contributed by atoms with Crippen molar-refractivity contribution in [2.45, 2.75) is 6.61 Å². The van der Waals surface area contributed by atoms with Crippen LogP contribution < -0.4 is 10.1 Å². The van der Waals surface area contributed by atoms with E-state index in [4.69, 9.17) is 4.74 Å². The minimum atomic E-state index is -0.191. The molecule has 1 saturated heterocycles. The van der Waals surface area contributed by atoms with Gasteiger partial charge in [0.05, 0.1) is 0 Å². The topological polar surface area (TPSA) is 58.6 Å². The highest BCUT2D eigenvalue weighted by molar-refractivity contribution is 8.13. The smallest absolute Gasteiger partial charge is 0.282 e. The second kappa shape index (κ2) is 7.88. The number of ether oxygens (including phenoxy) is 1. The summed E-state index contributed by atoms with van der Waals surface area (Å²) in [7, 11) is 0. The maximum absolute atomic E-state index is 12.0. The van der Waals surface area contributed by atoms with Gasteiger partial charge in [0.1, 0.15) is 18.9 Å². The molecule has 0 spiro atoms. The number of carbonyl (C=O) groups excluding carboxylic acids is 2. The van der Waals surface area contributed by atoms with E-state index in [9.17, 15) is 9.59 Å². The van der Waals surface area contributed by atoms with Crippen LogP contribution in [0.5, 0.6) is 5.75 Å². The fraction of sp³-hybridized carbons (Fsp3) is 0.222. The maximum Gasteiger partial charge on any atom is 0.282 e. The zero-order chi connectivity index (χ0) is 16.8. The highest BCUT2D eigenvalue weighted by atomic mass is 32.2. The molecule has 1 aliphatic heterocycles. The van der Waals surface area contributed by atoms with Gasteiger partial charge in [-0.2, -0.15) is 0 Å². The average Bonchev–Trinajstić information content (AvgIpc) is 3.00. The van der Waals surface area contributed by atoms with Crippen LogP contribution in [-0.4, -0.2) is 34.9 Å². The Morgan fingerprint density at radius 2 is 1.88 bits per heavy atom. The summed E-state index contributed by atoms with van der Waals surface area (Å²) in [5, 5.41) is 2.76. The number of carbonyl (C=O) groups is 2. The molecule has 24 heavy (non-hydrogen) atoms. The molecule has 0 unspecified atom stereocenters. The van der Waals surface area contributed by atoms with Crippen LogP contribution in [0.3, 0.4) is 0 Å². The molecule has 0 atom stereocenters. The molecule has 0 bridgehead atoms. The number of nitrogens with one attached hydrogen (secondary N) is 1. The average molecular weight is 342 g/mol. The van der Waals surface area contributed by atoms with Crippen molar-refractivity contribution in [1.29, 1.82) is 0 Å². The molecule has 0 radical (unpaired) electrons. The molecule has 2 amide bonds. The van der Waals surface area contributed by atoms with Gasteiger partial charge in [-0.3, -0.25) is 9.59 Å². The number of rotatable bonds is 6. The van der Waals surface area contributed by atoms with Gasteiger partial charge in [0.15, 0.2) is 0 Å². The molecule has 5 nitrogen and oxygen atoms in total. The summed E-state index contributed by atoms with van der Waals surface area (Å²) in [6, 6.07) is 17.1. The van der Waals surface area contributed by atoms with Crippen molar-refractivity contribution in [3.8, 4) is 5.75 Å². The Hall–Kier alpha value is -2.47. The van der Waals surface area contributed by atoms with Crippen LogP contribution in [0.25, 0.3) is 0 Å². The van der Waals surface area contributed by atoms with Crippen LogP contribution in [-0.2, 0) is 11.4 Å². The number of hydrogen-bond acceptors (Lipinski definition) is 4. The van der Waals surface area contributed by atoms with E-state index in [1.165, 1.54) is 11.8 Å². The minimum Gasteiger partial charge on any atom is -0.489 e.